The molecule has 0 saturated carbocycles. The summed E-state index contributed by atoms with van der Waals surface area (Å²) in [4.78, 5) is 15.2. The van der Waals surface area contributed by atoms with E-state index in [0.29, 0.717) is 15.3 Å². The van der Waals surface area contributed by atoms with Crippen molar-refractivity contribution >= 4 is 45.2 Å². The number of nitrogens with zero attached hydrogens (tertiary/aromatic N) is 1. The van der Waals surface area contributed by atoms with Gasteiger partial charge in [0.2, 0.25) is 5.91 Å². The molecule has 1 aromatic carbocycles. The number of amides is 1. The van der Waals surface area contributed by atoms with Crippen molar-refractivity contribution in [1.82, 2.24) is 4.98 Å². The Labute approximate surface area is 94.7 Å². The van der Waals surface area contributed by atoms with Crippen LogP contribution in [-0.2, 0) is 4.79 Å². The number of aromatic nitrogens is 1. The first-order valence-electron chi connectivity index (χ1n) is 4.16. The first kappa shape index (κ1) is 10.4. The van der Waals surface area contributed by atoms with Gasteiger partial charge in [-0.3, -0.25) is 4.79 Å². The van der Waals surface area contributed by atoms with Crippen LogP contribution in [0.1, 0.15) is 0 Å². The first-order chi connectivity index (χ1) is 7.19. The van der Waals surface area contributed by atoms with Crippen molar-refractivity contribution in [3.63, 3.8) is 0 Å². The van der Waals surface area contributed by atoms with Gasteiger partial charge < -0.3 is 5.32 Å². The number of nitrogens with one attached hydrogen (secondary N) is 1. The SMILES string of the molecule is O=C(CS)Nc1nc2ccc(F)cc2s1. The quantitative estimate of drug-likeness (QED) is 0.793. The van der Waals surface area contributed by atoms with Crippen LogP contribution < -0.4 is 5.32 Å². The van der Waals surface area contributed by atoms with Crippen molar-refractivity contribution in [3.05, 3.63) is 24.0 Å². The second-order valence-corrected chi connectivity index (χ2v) is 4.18. The summed E-state index contributed by atoms with van der Waals surface area (Å²) < 4.78 is 13.6. The van der Waals surface area contributed by atoms with Gasteiger partial charge in [-0.15, -0.1) is 0 Å². The van der Waals surface area contributed by atoms with Gasteiger partial charge in [-0.25, -0.2) is 9.37 Å². The third-order valence-corrected chi connectivity index (χ3v) is 2.96. The van der Waals surface area contributed by atoms with Crippen LogP contribution in [-0.4, -0.2) is 16.6 Å². The molecule has 1 N–H and O–H groups in total. The highest BCUT2D eigenvalue weighted by molar-refractivity contribution is 7.81. The van der Waals surface area contributed by atoms with Gasteiger partial charge in [0.15, 0.2) is 5.13 Å². The Hall–Kier alpha value is -1.14. The number of halogens is 1. The highest BCUT2D eigenvalue weighted by Gasteiger charge is 2.06. The van der Waals surface area contributed by atoms with Crippen molar-refractivity contribution < 1.29 is 9.18 Å². The van der Waals surface area contributed by atoms with Crippen LogP contribution in [0.15, 0.2) is 18.2 Å². The lowest BCUT2D eigenvalue weighted by molar-refractivity contribution is -0.113. The fourth-order valence-electron chi connectivity index (χ4n) is 1.11. The maximum absolute atomic E-state index is 12.9. The Morgan fingerprint density at radius 1 is 1.60 bits per heavy atom. The zero-order valence-electron chi connectivity index (χ0n) is 7.53. The molecule has 0 aliphatic heterocycles. The van der Waals surface area contributed by atoms with Crippen LogP contribution >= 0.6 is 24.0 Å². The van der Waals surface area contributed by atoms with Gasteiger partial charge in [-0.1, -0.05) is 11.3 Å². The zero-order valence-corrected chi connectivity index (χ0v) is 9.24. The molecule has 0 saturated heterocycles. The largest absolute Gasteiger partial charge is 0.301 e. The van der Waals surface area contributed by atoms with Crippen LogP contribution in [0, 0.1) is 5.82 Å². The number of carbonyl (C=O) groups excluding carboxylic acids is 1. The van der Waals surface area contributed by atoms with Crippen molar-refractivity contribution in [1.29, 1.82) is 0 Å². The number of thiazole rings is 1. The minimum atomic E-state index is -0.307. The molecule has 0 aliphatic rings. The minimum Gasteiger partial charge on any atom is -0.301 e. The Kier molecular flexibility index (Phi) is 2.88. The number of benzene rings is 1. The molecule has 0 bridgehead atoms. The number of hydrogen-bond donors (Lipinski definition) is 2. The van der Waals surface area contributed by atoms with E-state index in [2.05, 4.69) is 22.9 Å². The van der Waals surface area contributed by atoms with Gasteiger partial charge >= 0.3 is 0 Å². The second-order valence-electron chi connectivity index (χ2n) is 2.84. The second kappa shape index (κ2) is 4.16. The van der Waals surface area contributed by atoms with Crippen molar-refractivity contribution in [2.75, 3.05) is 11.1 Å². The molecule has 0 fully saturated rings. The number of rotatable bonds is 2. The molecule has 1 aromatic heterocycles. The molecular weight excluding hydrogens is 235 g/mol. The van der Waals surface area contributed by atoms with Crippen LogP contribution in [0.25, 0.3) is 10.2 Å². The fraction of sp³-hybridized carbons (Fsp3) is 0.111. The van der Waals surface area contributed by atoms with E-state index < -0.39 is 0 Å². The van der Waals surface area contributed by atoms with Crippen molar-refractivity contribution in [2.45, 2.75) is 0 Å². The van der Waals surface area contributed by atoms with Crippen LogP contribution in [0.5, 0.6) is 0 Å². The molecule has 3 nitrogen and oxygen atoms in total. The van der Waals surface area contributed by atoms with E-state index >= 15 is 0 Å². The molecule has 1 heterocycles. The Morgan fingerprint density at radius 3 is 3.13 bits per heavy atom. The number of anilines is 1. The maximum Gasteiger partial charge on any atom is 0.235 e. The topological polar surface area (TPSA) is 42.0 Å². The lowest BCUT2D eigenvalue weighted by Gasteiger charge is -1.94. The summed E-state index contributed by atoms with van der Waals surface area (Å²) >= 11 is 5.07. The lowest BCUT2D eigenvalue weighted by atomic mass is 10.3. The van der Waals surface area contributed by atoms with E-state index in [4.69, 9.17) is 0 Å². The standard InChI is InChI=1S/C9H7FN2OS2/c10-5-1-2-6-7(3-5)15-9(11-6)12-8(13)4-14/h1-3,14H,4H2,(H,11,12,13). The van der Waals surface area contributed by atoms with E-state index in [1.807, 2.05) is 0 Å². The van der Waals surface area contributed by atoms with Crippen LogP contribution in [0.2, 0.25) is 0 Å². The van der Waals surface area contributed by atoms with Crippen LogP contribution in [0.4, 0.5) is 9.52 Å². The molecular formula is C9H7FN2OS2. The highest BCUT2D eigenvalue weighted by atomic mass is 32.1. The van der Waals surface area contributed by atoms with E-state index in [9.17, 15) is 9.18 Å². The van der Waals surface area contributed by atoms with Gasteiger partial charge in [-0.2, -0.15) is 12.6 Å². The minimum absolute atomic E-state index is 0.101. The van der Waals surface area contributed by atoms with Gasteiger partial charge in [0, 0.05) is 0 Å². The summed E-state index contributed by atoms with van der Waals surface area (Å²) in [6, 6.07) is 4.31. The van der Waals surface area contributed by atoms with Gasteiger partial charge in [-0.05, 0) is 18.2 Å². The highest BCUT2D eigenvalue weighted by Crippen LogP contribution is 2.26. The van der Waals surface area contributed by atoms with Gasteiger partial charge in [0.05, 0.1) is 16.0 Å². The smallest absolute Gasteiger partial charge is 0.235 e. The van der Waals surface area contributed by atoms with E-state index in [1.54, 1.807) is 6.07 Å². The number of carbonyl (C=O) groups is 1. The van der Waals surface area contributed by atoms with Gasteiger partial charge in [0.1, 0.15) is 5.82 Å². The maximum atomic E-state index is 12.9. The molecule has 1 amide bonds. The molecule has 0 atom stereocenters. The molecule has 6 heteroatoms. The number of thiol groups is 1. The molecule has 0 radical (unpaired) electrons. The Balaban J connectivity index is 2.34. The summed E-state index contributed by atoms with van der Waals surface area (Å²) in [5.41, 5.74) is 0.677. The first-order valence-corrected chi connectivity index (χ1v) is 5.61. The van der Waals surface area contributed by atoms with Crippen molar-refractivity contribution in [3.8, 4) is 0 Å². The molecule has 15 heavy (non-hydrogen) atoms. The fourth-order valence-corrected chi connectivity index (χ4v) is 2.10. The normalized spacial score (nSPS) is 10.5. The molecule has 0 unspecified atom stereocenters. The summed E-state index contributed by atoms with van der Waals surface area (Å²) in [6.45, 7) is 0. The Morgan fingerprint density at radius 2 is 2.40 bits per heavy atom. The summed E-state index contributed by atoms with van der Waals surface area (Å²) in [5, 5.41) is 3.04. The average Bonchev–Trinajstić information content (AvgIpc) is 2.59. The summed E-state index contributed by atoms with van der Waals surface area (Å²) in [5.74, 6) is -0.430. The zero-order chi connectivity index (χ0) is 10.8. The molecule has 2 aromatic rings. The third kappa shape index (κ3) is 2.27. The molecule has 0 aliphatic carbocycles. The third-order valence-electron chi connectivity index (χ3n) is 1.74. The lowest BCUT2D eigenvalue weighted by Crippen LogP contribution is -2.12. The van der Waals surface area contributed by atoms with Crippen LogP contribution in [0.3, 0.4) is 0 Å². The number of fused-ring (bicyclic) bond motifs is 1. The van der Waals surface area contributed by atoms with Gasteiger partial charge in [0.25, 0.3) is 0 Å². The molecule has 0 spiro atoms. The average molecular weight is 242 g/mol. The van der Waals surface area contributed by atoms with E-state index in [1.165, 1.54) is 23.5 Å². The van der Waals surface area contributed by atoms with E-state index in [0.717, 1.165) is 0 Å². The van der Waals surface area contributed by atoms with Crippen molar-refractivity contribution in [2.24, 2.45) is 0 Å². The molecule has 78 valence electrons. The summed E-state index contributed by atoms with van der Waals surface area (Å²) in [6.07, 6.45) is 0. The molecule has 2 rings (SSSR count). The predicted molar refractivity (Wildman–Crippen MR) is 62.1 cm³/mol. The van der Waals surface area contributed by atoms with E-state index in [-0.39, 0.29) is 17.5 Å². The monoisotopic (exact) mass is 242 g/mol. The Bertz CT molecular complexity index is 512. The summed E-state index contributed by atoms with van der Waals surface area (Å²) in [7, 11) is 0. The number of hydrogen-bond acceptors (Lipinski definition) is 4. The predicted octanol–water partition coefficient (Wildman–Crippen LogP) is 2.30.